The lowest BCUT2D eigenvalue weighted by atomic mass is 9.86. The summed E-state index contributed by atoms with van der Waals surface area (Å²) >= 11 is 0. The van der Waals surface area contributed by atoms with Crippen LogP contribution in [-0.2, 0) is 14.3 Å². The molecule has 0 unspecified atom stereocenters. The Bertz CT molecular complexity index is 1100. The standard InChI is InChI=1S/C26H32N4O5.ClH/c1-30(2)23(31)15-35-26(33)18-8-11-20(12-9-18)29-25(32)21-14-19(10-13-22(21)34-3)16-4-6-17(7-5-16)24(27)28;/h4-7,10,13-14,18,20H,8-9,11-12,15H2,1-3H3,(H3,27,28)(H,29,32);1H/t18-,20-;. The SMILES string of the molecule is COc1ccc(-c2ccc(C(=N)N)cc2)cc1C(=O)N[C@H]1CC[C@H](C(=O)OCC(=O)N(C)C)CC1.Cl. The van der Waals surface area contributed by atoms with Crippen LogP contribution in [0.1, 0.15) is 41.6 Å². The molecular weight excluding hydrogens is 484 g/mol. The van der Waals surface area contributed by atoms with Gasteiger partial charge in [-0.25, -0.2) is 0 Å². The molecule has 2 aromatic carbocycles. The molecule has 9 nitrogen and oxygen atoms in total. The fourth-order valence-electron chi connectivity index (χ4n) is 4.02. The third-order valence-corrected chi connectivity index (χ3v) is 6.21. The van der Waals surface area contributed by atoms with Gasteiger partial charge in [0.05, 0.1) is 18.6 Å². The second kappa shape index (κ2) is 12.9. The summed E-state index contributed by atoms with van der Waals surface area (Å²) < 4.78 is 10.6. The first kappa shape index (κ1) is 28.6. The molecule has 0 saturated heterocycles. The summed E-state index contributed by atoms with van der Waals surface area (Å²) in [4.78, 5) is 38.4. The Morgan fingerprint density at radius 1 is 1.03 bits per heavy atom. The van der Waals surface area contributed by atoms with Gasteiger partial charge in [-0.3, -0.25) is 19.8 Å². The van der Waals surface area contributed by atoms with E-state index in [1.54, 1.807) is 38.4 Å². The van der Waals surface area contributed by atoms with E-state index in [4.69, 9.17) is 20.6 Å². The molecule has 0 bridgehead atoms. The van der Waals surface area contributed by atoms with E-state index in [1.807, 2.05) is 18.2 Å². The number of hydrogen-bond acceptors (Lipinski definition) is 6. The van der Waals surface area contributed by atoms with Crippen LogP contribution in [0.2, 0.25) is 0 Å². The molecule has 0 aromatic heterocycles. The van der Waals surface area contributed by atoms with E-state index < -0.39 is 0 Å². The van der Waals surface area contributed by atoms with Crippen molar-refractivity contribution < 1.29 is 23.9 Å². The maximum Gasteiger partial charge on any atom is 0.309 e. The zero-order chi connectivity index (χ0) is 25.5. The average molecular weight is 517 g/mol. The number of nitrogens with zero attached hydrogens (tertiary/aromatic N) is 1. The number of carbonyl (C=O) groups is 3. The van der Waals surface area contributed by atoms with E-state index in [1.165, 1.54) is 12.0 Å². The molecular formula is C26H33ClN4O5. The van der Waals surface area contributed by atoms with E-state index in [2.05, 4.69) is 5.32 Å². The van der Waals surface area contributed by atoms with Crippen LogP contribution >= 0.6 is 12.4 Å². The van der Waals surface area contributed by atoms with Crippen molar-refractivity contribution in [2.45, 2.75) is 31.7 Å². The fraction of sp³-hybridized carbons (Fsp3) is 0.385. The number of methoxy groups -OCH3 is 1. The number of likely N-dealkylation sites (N-methyl/N-ethyl adjacent to an activating group) is 1. The van der Waals surface area contributed by atoms with Crippen LogP contribution in [-0.4, -0.2) is 62.4 Å². The number of hydrogen-bond donors (Lipinski definition) is 3. The Kier molecular flexibility index (Phi) is 10.3. The topological polar surface area (TPSA) is 135 Å². The molecule has 10 heteroatoms. The molecule has 4 N–H and O–H groups in total. The molecule has 3 rings (SSSR count). The molecule has 0 aliphatic heterocycles. The minimum Gasteiger partial charge on any atom is -0.496 e. The third kappa shape index (κ3) is 7.21. The highest BCUT2D eigenvalue weighted by Crippen LogP contribution is 2.29. The van der Waals surface area contributed by atoms with Crippen LogP contribution < -0.4 is 15.8 Å². The van der Waals surface area contributed by atoms with E-state index in [0.29, 0.717) is 42.6 Å². The Morgan fingerprint density at radius 2 is 1.64 bits per heavy atom. The normalized spacial score (nSPS) is 16.8. The van der Waals surface area contributed by atoms with Gasteiger partial charge in [0, 0.05) is 25.7 Å². The van der Waals surface area contributed by atoms with Gasteiger partial charge in [0.15, 0.2) is 6.61 Å². The number of carbonyl (C=O) groups excluding carboxylic acids is 3. The largest absolute Gasteiger partial charge is 0.496 e. The smallest absolute Gasteiger partial charge is 0.309 e. The zero-order valence-corrected chi connectivity index (χ0v) is 21.5. The van der Waals surface area contributed by atoms with Crippen molar-refractivity contribution in [2.24, 2.45) is 11.7 Å². The fourth-order valence-corrected chi connectivity index (χ4v) is 4.02. The van der Waals surface area contributed by atoms with Crippen LogP contribution in [0.5, 0.6) is 5.75 Å². The van der Waals surface area contributed by atoms with Crippen LogP contribution in [0.15, 0.2) is 42.5 Å². The van der Waals surface area contributed by atoms with Crippen molar-refractivity contribution in [3.8, 4) is 16.9 Å². The van der Waals surface area contributed by atoms with E-state index in [0.717, 1.165) is 11.1 Å². The number of nitrogens with one attached hydrogen (secondary N) is 2. The summed E-state index contributed by atoms with van der Waals surface area (Å²) in [5.41, 5.74) is 8.30. The van der Waals surface area contributed by atoms with Crippen molar-refractivity contribution in [3.63, 3.8) is 0 Å². The lowest BCUT2D eigenvalue weighted by Gasteiger charge is -2.28. The summed E-state index contributed by atoms with van der Waals surface area (Å²) in [6.45, 7) is -0.254. The Labute approximate surface area is 217 Å². The first-order valence-corrected chi connectivity index (χ1v) is 11.5. The number of benzene rings is 2. The van der Waals surface area contributed by atoms with Gasteiger partial charge in [0.25, 0.3) is 11.8 Å². The minimum absolute atomic E-state index is 0. The Morgan fingerprint density at radius 3 is 2.19 bits per heavy atom. The maximum absolute atomic E-state index is 13.1. The van der Waals surface area contributed by atoms with E-state index >= 15 is 0 Å². The molecule has 194 valence electrons. The van der Waals surface area contributed by atoms with Crippen molar-refractivity contribution in [3.05, 3.63) is 53.6 Å². The van der Waals surface area contributed by atoms with Gasteiger partial charge in [-0.05, 0) is 48.9 Å². The first-order valence-electron chi connectivity index (χ1n) is 11.5. The lowest BCUT2D eigenvalue weighted by Crippen LogP contribution is -2.39. The summed E-state index contributed by atoms with van der Waals surface area (Å²) in [6.07, 6.45) is 2.45. The number of nitrogen functional groups attached to an aromatic ring is 1. The van der Waals surface area contributed by atoms with Crippen molar-refractivity contribution in [1.82, 2.24) is 10.2 Å². The molecule has 2 aromatic rings. The number of amidine groups is 1. The van der Waals surface area contributed by atoms with Gasteiger partial charge in [-0.2, -0.15) is 0 Å². The molecule has 0 spiro atoms. The molecule has 1 fully saturated rings. The minimum atomic E-state index is -0.366. The molecule has 1 aliphatic rings. The average Bonchev–Trinajstić information content (AvgIpc) is 2.87. The molecule has 36 heavy (non-hydrogen) atoms. The van der Waals surface area contributed by atoms with Crippen LogP contribution in [0.25, 0.3) is 11.1 Å². The Balaban J connectivity index is 0.00000456. The summed E-state index contributed by atoms with van der Waals surface area (Å²) in [6, 6.07) is 12.6. The van der Waals surface area contributed by atoms with Crippen LogP contribution in [0, 0.1) is 11.3 Å². The van der Waals surface area contributed by atoms with Crippen molar-refractivity contribution in [2.75, 3.05) is 27.8 Å². The van der Waals surface area contributed by atoms with Crippen LogP contribution in [0.4, 0.5) is 0 Å². The van der Waals surface area contributed by atoms with Crippen molar-refractivity contribution in [1.29, 1.82) is 5.41 Å². The van der Waals surface area contributed by atoms with Crippen LogP contribution in [0.3, 0.4) is 0 Å². The number of rotatable bonds is 8. The molecule has 2 amide bonds. The van der Waals surface area contributed by atoms with Gasteiger partial charge in [-0.15, -0.1) is 12.4 Å². The van der Waals surface area contributed by atoms with Crippen molar-refractivity contribution >= 4 is 36.0 Å². The van der Waals surface area contributed by atoms with Gasteiger partial charge >= 0.3 is 5.97 Å². The Hall–Kier alpha value is -3.59. The van der Waals surface area contributed by atoms with E-state index in [9.17, 15) is 14.4 Å². The predicted octanol–water partition coefficient (Wildman–Crippen LogP) is 2.99. The zero-order valence-electron chi connectivity index (χ0n) is 20.7. The quantitative estimate of drug-likeness (QED) is 0.280. The molecule has 0 atom stereocenters. The second-order valence-corrected chi connectivity index (χ2v) is 8.82. The summed E-state index contributed by atoms with van der Waals surface area (Å²) in [5.74, 6) is -0.674. The molecule has 0 radical (unpaired) electrons. The first-order chi connectivity index (χ1) is 16.7. The summed E-state index contributed by atoms with van der Waals surface area (Å²) in [5, 5.41) is 10.6. The molecule has 1 aliphatic carbocycles. The van der Waals surface area contributed by atoms with Gasteiger partial charge in [0.1, 0.15) is 11.6 Å². The number of nitrogens with two attached hydrogens (primary N) is 1. The highest BCUT2D eigenvalue weighted by molar-refractivity contribution is 5.99. The molecule has 1 saturated carbocycles. The van der Waals surface area contributed by atoms with E-state index in [-0.39, 0.29) is 54.6 Å². The predicted molar refractivity (Wildman–Crippen MR) is 140 cm³/mol. The second-order valence-electron chi connectivity index (χ2n) is 8.82. The number of amides is 2. The lowest BCUT2D eigenvalue weighted by molar-refractivity contribution is -0.155. The highest BCUT2D eigenvalue weighted by atomic mass is 35.5. The number of halogens is 1. The van der Waals surface area contributed by atoms with Gasteiger partial charge in [-0.1, -0.05) is 30.3 Å². The highest BCUT2D eigenvalue weighted by Gasteiger charge is 2.29. The van der Waals surface area contributed by atoms with Gasteiger partial charge in [0.2, 0.25) is 0 Å². The monoisotopic (exact) mass is 516 g/mol. The number of ether oxygens (including phenoxy) is 2. The number of esters is 1. The maximum atomic E-state index is 13.1. The summed E-state index contributed by atoms with van der Waals surface area (Å²) in [7, 11) is 4.74. The molecule has 0 heterocycles. The van der Waals surface area contributed by atoms with Gasteiger partial charge < -0.3 is 25.4 Å². The third-order valence-electron chi connectivity index (χ3n) is 6.21.